The molecule has 3 rings (SSSR count). The molecule has 28 heavy (non-hydrogen) atoms. The number of benzene rings is 1. The third-order valence-corrected chi connectivity index (χ3v) is 6.57. The second kappa shape index (κ2) is 8.74. The number of likely N-dealkylation sites (tertiary alicyclic amines) is 1. The smallest absolute Gasteiger partial charge is 0.331 e. The second-order valence-electron chi connectivity index (χ2n) is 9.25. The van der Waals surface area contributed by atoms with Crippen molar-refractivity contribution < 1.29 is 19.2 Å². The Labute approximate surface area is 170 Å². The van der Waals surface area contributed by atoms with Gasteiger partial charge in [-0.15, -0.1) is 0 Å². The minimum Gasteiger partial charge on any atom is -0.496 e. The largest absolute Gasteiger partial charge is 0.496 e. The SMILES string of the molecule is COc1cc([B]OC(C)(C)C(C)(C)O)ccc1CC1CCN(C2COC2)CC1. The minimum absolute atomic E-state index is 0.651. The Balaban J connectivity index is 1.56. The zero-order chi connectivity index (χ0) is 20.4. The lowest BCUT2D eigenvalue weighted by atomic mass is 9.81. The predicted octanol–water partition coefficient (Wildman–Crippen LogP) is 2.16. The van der Waals surface area contributed by atoms with Crippen LogP contribution in [0, 0.1) is 5.92 Å². The van der Waals surface area contributed by atoms with E-state index >= 15 is 0 Å². The Morgan fingerprint density at radius 2 is 1.86 bits per heavy atom. The summed E-state index contributed by atoms with van der Waals surface area (Å²) >= 11 is 0. The highest BCUT2D eigenvalue weighted by atomic mass is 16.5. The van der Waals surface area contributed by atoms with E-state index in [0.29, 0.717) is 12.0 Å². The van der Waals surface area contributed by atoms with Gasteiger partial charge in [0.25, 0.3) is 0 Å². The van der Waals surface area contributed by atoms with Crippen molar-refractivity contribution in [3.05, 3.63) is 23.8 Å². The molecule has 2 aliphatic heterocycles. The molecule has 155 valence electrons. The fourth-order valence-electron chi connectivity index (χ4n) is 3.63. The normalized spacial score (nSPS) is 20.1. The quantitative estimate of drug-likeness (QED) is 0.692. The number of aliphatic hydroxyl groups is 1. The summed E-state index contributed by atoms with van der Waals surface area (Å²) in [6.07, 6.45) is 3.52. The zero-order valence-corrected chi connectivity index (χ0v) is 18.0. The summed E-state index contributed by atoms with van der Waals surface area (Å²) in [5.41, 5.74) is 0.580. The molecule has 0 spiro atoms. The van der Waals surface area contributed by atoms with Gasteiger partial charge in [-0.05, 0) is 83.1 Å². The monoisotopic (exact) mass is 388 g/mol. The van der Waals surface area contributed by atoms with Crippen molar-refractivity contribution >= 4 is 12.9 Å². The molecule has 1 radical (unpaired) electrons. The highest BCUT2D eigenvalue weighted by Gasteiger charge is 2.35. The van der Waals surface area contributed by atoms with Gasteiger partial charge in [0.15, 0.2) is 0 Å². The van der Waals surface area contributed by atoms with Crippen molar-refractivity contribution in [3.8, 4) is 5.75 Å². The molecule has 6 heteroatoms. The predicted molar refractivity (Wildman–Crippen MR) is 112 cm³/mol. The molecule has 0 aliphatic carbocycles. The van der Waals surface area contributed by atoms with Crippen LogP contribution in [0.5, 0.6) is 5.75 Å². The van der Waals surface area contributed by atoms with Crippen molar-refractivity contribution in [1.29, 1.82) is 0 Å². The van der Waals surface area contributed by atoms with E-state index in [2.05, 4.69) is 17.0 Å². The molecule has 2 fully saturated rings. The Bertz CT molecular complexity index is 646. The number of ether oxygens (including phenoxy) is 2. The highest BCUT2D eigenvalue weighted by molar-refractivity contribution is 6.47. The van der Waals surface area contributed by atoms with Gasteiger partial charge in [0.05, 0.1) is 37.6 Å². The van der Waals surface area contributed by atoms with E-state index in [9.17, 15) is 5.11 Å². The average Bonchev–Trinajstić information content (AvgIpc) is 2.60. The van der Waals surface area contributed by atoms with Crippen LogP contribution in [0.4, 0.5) is 0 Å². The maximum atomic E-state index is 10.2. The summed E-state index contributed by atoms with van der Waals surface area (Å²) in [7, 11) is 3.44. The third kappa shape index (κ3) is 5.09. The van der Waals surface area contributed by atoms with E-state index in [0.717, 1.165) is 30.8 Å². The summed E-state index contributed by atoms with van der Waals surface area (Å²) in [6.45, 7) is 11.4. The van der Waals surface area contributed by atoms with Gasteiger partial charge in [-0.2, -0.15) is 0 Å². The molecule has 0 saturated carbocycles. The lowest BCUT2D eigenvalue weighted by molar-refractivity contribution is -0.0893. The molecule has 5 nitrogen and oxygen atoms in total. The van der Waals surface area contributed by atoms with Gasteiger partial charge in [0, 0.05) is 0 Å². The molecule has 0 unspecified atom stereocenters. The van der Waals surface area contributed by atoms with Crippen LogP contribution in [0.15, 0.2) is 18.2 Å². The van der Waals surface area contributed by atoms with Crippen molar-refractivity contribution in [2.45, 2.75) is 64.2 Å². The molecule has 1 aromatic carbocycles. The number of methoxy groups -OCH3 is 1. The summed E-state index contributed by atoms with van der Waals surface area (Å²) in [4.78, 5) is 2.58. The summed E-state index contributed by atoms with van der Waals surface area (Å²) in [5, 5.41) is 10.2. The molecule has 2 heterocycles. The minimum atomic E-state index is -0.937. The Kier molecular flexibility index (Phi) is 6.75. The summed E-state index contributed by atoms with van der Waals surface area (Å²) < 4.78 is 16.9. The maximum absolute atomic E-state index is 10.2. The van der Waals surface area contributed by atoms with Crippen LogP contribution in [0.2, 0.25) is 0 Å². The van der Waals surface area contributed by atoms with Gasteiger partial charge in [-0.3, -0.25) is 4.90 Å². The molecule has 0 amide bonds. The van der Waals surface area contributed by atoms with Gasteiger partial charge in [0.1, 0.15) is 5.75 Å². The fraction of sp³-hybridized carbons (Fsp3) is 0.727. The topological polar surface area (TPSA) is 51.2 Å². The van der Waals surface area contributed by atoms with E-state index in [1.807, 2.05) is 19.9 Å². The van der Waals surface area contributed by atoms with Crippen molar-refractivity contribution in [2.24, 2.45) is 5.92 Å². The molecule has 2 saturated heterocycles. The first kappa shape index (κ1) is 21.6. The molecule has 2 aliphatic rings. The van der Waals surface area contributed by atoms with E-state index in [-0.39, 0.29) is 0 Å². The van der Waals surface area contributed by atoms with E-state index in [1.165, 1.54) is 31.5 Å². The second-order valence-corrected chi connectivity index (χ2v) is 9.25. The maximum Gasteiger partial charge on any atom is 0.331 e. The third-order valence-electron chi connectivity index (χ3n) is 6.57. The van der Waals surface area contributed by atoms with Gasteiger partial charge < -0.3 is 19.2 Å². The van der Waals surface area contributed by atoms with Gasteiger partial charge >= 0.3 is 7.48 Å². The van der Waals surface area contributed by atoms with Crippen LogP contribution in [0.1, 0.15) is 46.1 Å². The Morgan fingerprint density at radius 3 is 2.39 bits per heavy atom. The number of hydrogen-bond acceptors (Lipinski definition) is 5. The van der Waals surface area contributed by atoms with Crippen LogP contribution in [0.25, 0.3) is 0 Å². The molecule has 0 atom stereocenters. The number of rotatable bonds is 8. The number of piperidine rings is 1. The van der Waals surface area contributed by atoms with Crippen molar-refractivity contribution in [3.63, 3.8) is 0 Å². The first-order valence-electron chi connectivity index (χ1n) is 10.4. The van der Waals surface area contributed by atoms with Crippen LogP contribution in [0.3, 0.4) is 0 Å². The molecule has 0 aromatic heterocycles. The number of nitrogens with zero attached hydrogens (tertiary/aromatic N) is 1. The van der Waals surface area contributed by atoms with Crippen molar-refractivity contribution in [1.82, 2.24) is 4.90 Å². The molecule has 1 aromatic rings. The first-order valence-corrected chi connectivity index (χ1v) is 10.4. The number of hydrogen-bond donors (Lipinski definition) is 1. The Hall–Kier alpha value is -1.08. The zero-order valence-electron chi connectivity index (χ0n) is 18.0. The van der Waals surface area contributed by atoms with Crippen LogP contribution in [-0.4, -0.2) is 68.1 Å². The van der Waals surface area contributed by atoms with E-state index in [1.54, 1.807) is 28.4 Å². The van der Waals surface area contributed by atoms with E-state index in [4.69, 9.17) is 14.1 Å². The lowest BCUT2D eigenvalue weighted by Gasteiger charge is -2.41. The van der Waals surface area contributed by atoms with Gasteiger partial charge in [-0.25, -0.2) is 0 Å². The van der Waals surface area contributed by atoms with Crippen molar-refractivity contribution in [2.75, 3.05) is 33.4 Å². The summed E-state index contributed by atoms with van der Waals surface area (Å²) in [6, 6.07) is 6.89. The highest BCUT2D eigenvalue weighted by Crippen LogP contribution is 2.28. The van der Waals surface area contributed by atoms with E-state index < -0.39 is 11.2 Å². The molecular weight excluding hydrogens is 353 g/mol. The lowest BCUT2D eigenvalue weighted by Crippen LogP contribution is -2.51. The Morgan fingerprint density at radius 1 is 1.18 bits per heavy atom. The molecule has 1 N–H and O–H groups in total. The van der Waals surface area contributed by atoms with Gasteiger partial charge in [0.2, 0.25) is 0 Å². The average molecular weight is 388 g/mol. The van der Waals surface area contributed by atoms with Crippen LogP contribution < -0.4 is 10.2 Å². The van der Waals surface area contributed by atoms with Gasteiger partial charge in [-0.1, -0.05) is 12.1 Å². The van der Waals surface area contributed by atoms with Crippen LogP contribution >= 0.6 is 0 Å². The standard InChI is InChI=1S/C22H35BNO4/c1-21(2,25)22(3,4)28-23-18-7-6-17(20(13-18)26-5)12-16-8-10-24(11-9-16)19-14-27-15-19/h6-7,13,16,19,25H,8-12,14-15H2,1-5H3. The van der Waals surface area contributed by atoms with Crippen LogP contribution in [-0.2, 0) is 15.8 Å². The fourth-order valence-corrected chi connectivity index (χ4v) is 3.63. The molecular formula is C22H35BNO4. The summed E-state index contributed by atoms with van der Waals surface area (Å²) in [5.74, 6) is 1.61. The molecule has 0 bridgehead atoms. The first-order chi connectivity index (χ1) is 13.2.